The number of phenolic OH excluding ortho intramolecular Hbond substituents is 1. The molecule has 182 valence electrons. The molecule has 0 bridgehead atoms. The molecule has 1 atom stereocenters. The fourth-order valence-electron chi connectivity index (χ4n) is 5.75. The summed E-state index contributed by atoms with van der Waals surface area (Å²) >= 11 is 0. The SMILES string of the molecule is COc1ccc(OC)c2c(O)c3c(cc12)C[C@H](CCO[Si](C(C)C)(C(C)C)C(C)C)OC3=O. The molecule has 3 rings (SSSR count). The zero-order chi connectivity index (χ0) is 24.5. The molecule has 0 amide bonds. The van der Waals surface area contributed by atoms with E-state index in [1.165, 1.54) is 7.11 Å². The first-order valence-corrected chi connectivity index (χ1v) is 14.0. The first-order chi connectivity index (χ1) is 15.6. The normalized spacial score (nSPS) is 16.5. The van der Waals surface area contributed by atoms with Gasteiger partial charge in [-0.15, -0.1) is 0 Å². The van der Waals surface area contributed by atoms with Crippen molar-refractivity contribution in [1.82, 2.24) is 0 Å². The molecule has 0 aromatic heterocycles. The Morgan fingerprint density at radius 2 is 1.61 bits per heavy atom. The van der Waals surface area contributed by atoms with Crippen LogP contribution in [0.1, 0.15) is 63.9 Å². The van der Waals surface area contributed by atoms with Crippen LogP contribution in [0.15, 0.2) is 18.2 Å². The van der Waals surface area contributed by atoms with E-state index in [0.717, 1.165) is 5.56 Å². The Hall–Kier alpha value is -2.25. The van der Waals surface area contributed by atoms with Crippen LogP contribution in [-0.4, -0.2) is 46.3 Å². The van der Waals surface area contributed by atoms with Gasteiger partial charge in [0, 0.05) is 24.8 Å². The molecule has 0 aliphatic carbocycles. The first kappa shape index (κ1) is 25.4. The van der Waals surface area contributed by atoms with Gasteiger partial charge in [0.05, 0.1) is 19.6 Å². The van der Waals surface area contributed by atoms with Gasteiger partial charge in [-0.25, -0.2) is 4.79 Å². The fraction of sp³-hybridized carbons (Fsp3) is 0.577. The van der Waals surface area contributed by atoms with Crippen LogP contribution in [0.4, 0.5) is 0 Å². The van der Waals surface area contributed by atoms with E-state index < -0.39 is 14.3 Å². The Labute approximate surface area is 198 Å². The van der Waals surface area contributed by atoms with Gasteiger partial charge in [0.1, 0.15) is 28.9 Å². The summed E-state index contributed by atoms with van der Waals surface area (Å²) in [7, 11) is 1.14. The maximum atomic E-state index is 12.9. The summed E-state index contributed by atoms with van der Waals surface area (Å²) in [5.74, 6) is 0.463. The minimum atomic E-state index is -1.98. The maximum absolute atomic E-state index is 12.9. The van der Waals surface area contributed by atoms with Crippen LogP contribution in [0.5, 0.6) is 17.2 Å². The van der Waals surface area contributed by atoms with Gasteiger partial charge in [0.25, 0.3) is 0 Å². The van der Waals surface area contributed by atoms with E-state index in [-0.39, 0.29) is 17.4 Å². The molecule has 0 fully saturated rings. The number of phenols is 1. The number of cyclic esters (lactones) is 1. The highest BCUT2D eigenvalue weighted by Gasteiger charge is 2.45. The number of fused-ring (bicyclic) bond motifs is 2. The Balaban J connectivity index is 1.88. The van der Waals surface area contributed by atoms with Crippen molar-refractivity contribution in [2.45, 2.75) is 77.1 Å². The van der Waals surface area contributed by atoms with Crippen molar-refractivity contribution in [3.63, 3.8) is 0 Å². The van der Waals surface area contributed by atoms with E-state index in [1.807, 2.05) is 6.07 Å². The van der Waals surface area contributed by atoms with Crippen molar-refractivity contribution in [2.24, 2.45) is 0 Å². The van der Waals surface area contributed by atoms with Crippen LogP contribution in [0.3, 0.4) is 0 Å². The van der Waals surface area contributed by atoms with Gasteiger partial charge in [-0.3, -0.25) is 0 Å². The lowest BCUT2D eigenvalue weighted by molar-refractivity contribution is 0.0197. The second-order valence-electron chi connectivity index (χ2n) is 9.84. The van der Waals surface area contributed by atoms with Crippen LogP contribution < -0.4 is 9.47 Å². The Morgan fingerprint density at radius 1 is 1.03 bits per heavy atom. The predicted molar refractivity (Wildman–Crippen MR) is 133 cm³/mol. The average molecular weight is 475 g/mol. The first-order valence-electron chi connectivity index (χ1n) is 11.8. The number of benzene rings is 2. The van der Waals surface area contributed by atoms with E-state index in [4.69, 9.17) is 18.6 Å². The lowest BCUT2D eigenvalue weighted by Crippen LogP contribution is -2.48. The number of esters is 1. The summed E-state index contributed by atoms with van der Waals surface area (Å²) in [6.07, 6.45) is 0.852. The third-order valence-corrected chi connectivity index (χ3v) is 13.3. The quantitative estimate of drug-likeness (QED) is 0.343. The minimum Gasteiger partial charge on any atom is -0.506 e. The van der Waals surface area contributed by atoms with Crippen molar-refractivity contribution in [3.8, 4) is 17.2 Å². The highest BCUT2D eigenvalue weighted by molar-refractivity contribution is 6.77. The standard InChI is InChI=1S/C26H38O6Si/c1-15(2)33(16(3)4,17(5)6)31-12-11-19-13-18-14-20-21(29-7)9-10-22(30-8)24(20)25(27)23(18)26(28)32-19/h9-10,14-17,19,27H,11-13H2,1-8H3/t19-/m0/s1. The maximum Gasteiger partial charge on any atom is 0.342 e. The Kier molecular flexibility index (Phi) is 7.64. The molecular weight excluding hydrogens is 436 g/mol. The van der Waals surface area contributed by atoms with E-state index in [9.17, 15) is 9.90 Å². The molecule has 0 spiro atoms. The molecule has 0 unspecified atom stereocenters. The van der Waals surface area contributed by atoms with Crippen LogP contribution in [-0.2, 0) is 15.6 Å². The van der Waals surface area contributed by atoms with Gasteiger partial charge < -0.3 is 23.7 Å². The summed E-state index contributed by atoms with van der Waals surface area (Å²) in [5.41, 5.74) is 2.46. The van der Waals surface area contributed by atoms with E-state index in [2.05, 4.69) is 41.5 Å². The number of carbonyl (C=O) groups is 1. The second-order valence-corrected chi connectivity index (χ2v) is 15.3. The average Bonchev–Trinajstić information content (AvgIpc) is 2.74. The fourth-order valence-corrected chi connectivity index (χ4v) is 11.2. The number of hydrogen-bond acceptors (Lipinski definition) is 6. The van der Waals surface area contributed by atoms with Crippen LogP contribution in [0, 0.1) is 0 Å². The van der Waals surface area contributed by atoms with Crippen molar-refractivity contribution < 1.29 is 28.5 Å². The van der Waals surface area contributed by atoms with Gasteiger partial charge in [0.2, 0.25) is 0 Å². The van der Waals surface area contributed by atoms with Gasteiger partial charge in [-0.1, -0.05) is 41.5 Å². The van der Waals surface area contributed by atoms with Gasteiger partial charge >= 0.3 is 5.97 Å². The lowest BCUT2D eigenvalue weighted by atomic mass is 9.92. The predicted octanol–water partition coefficient (Wildman–Crippen LogP) is 6.23. The molecule has 2 aromatic carbocycles. The summed E-state index contributed by atoms with van der Waals surface area (Å²) in [4.78, 5) is 12.9. The van der Waals surface area contributed by atoms with E-state index in [1.54, 1.807) is 19.2 Å². The summed E-state index contributed by atoms with van der Waals surface area (Å²) in [6.45, 7) is 14.1. The molecule has 1 aliphatic rings. The molecular formula is C26H38O6Si. The molecule has 1 aliphatic heterocycles. The van der Waals surface area contributed by atoms with Crippen molar-refractivity contribution in [3.05, 3.63) is 29.3 Å². The van der Waals surface area contributed by atoms with Crippen molar-refractivity contribution in [1.29, 1.82) is 0 Å². The molecule has 0 radical (unpaired) electrons. The zero-order valence-electron chi connectivity index (χ0n) is 21.2. The number of carbonyl (C=O) groups excluding carboxylic acids is 1. The number of hydrogen-bond donors (Lipinski definition) is 1. The molecule has 6 nitrogen and oxygen atoms in total. The van der Waals surface area contributed by atoms with E-state index in [0.29, 0.717) is 58.3 Å². The summed E-state index contributed by atoms with van der Waals surface area (Å²) in [6, 6.07) is 5.43. The van der Waals surface area contributed by atoms with Crippen molar-refractivity contribution in [2.75, 3.05) is 20.8 Å². The molecule has 1 N–H and O–H groups in total. The zero-order valence-corrected chi connectivity index (χ0v) is 22.2. The van der Waals surface area contributed by atoms with Crippen LogP contribution in [0.2, 0.25) is 16.6 Å². The third-order valence-electron chi connectivity index (χ3n) is 7.14. The molecule has 0 saturated carbocycles. The smallest absolute Gasteiger partial charge is 0.342 e. The van der Waals surface area contributed by atoms with Gasteiger partial charge in [0.15, 0.2) is 8.32 Å². The van der Waals surface area contributed by atoms with Gasteiger partial charge in [-0.05, 0) is 40.4 Å². The topological polar surface area (TPSA) is 74.2 Å². The largest absolute Gasteiger partial charge is 0.506 e. The van der Waals surface area contributed by atoms with E-state index >= 15 is 0 Å². The highest BCUT2D eigenvalue weighted by Crippen LogP contribution is 2.45. The van der Waals surface area contributed by atoms with Crippen LogP contribution in [0.25, 0.3) is 10.8 Å². The number of ether oxygens (including phenoxy) is 3. The lowest BCUT2D eigenvalue weighted by Gasteiger charge is -2.42. The number of rotatable bonds is 9. The molecule has 0 saturated heterocycles. The highest BCUT2D eigenvalue weighted by atomic mass is 28.4. The van der Waals surface area contributed by atoms with Crippen LogP contribution >= 0.6 is 0 Å². The van der Waals surface area contributed by atoms with Gasteiger partial charge in [-0.2, -0.15) is 0 Å². The molecule has 7 heteroatoms. The Bertz CT molecular complexity index is 992. The minimum absolute atomic E-state index is 0.121. The number of methoxy groups -OCH3 is 2. The summed E-state index contributed by atoms with van der Waals surface area (Å²) < 4.78 is 23.3. The third kappa shape index (κ3) is 4.45. The number of aromatic hydroxyl groups is 1. The monoisotopic (exact) mass is 474 g/mol. The molecule has 2 aromatic rings. The molecule has 1 heterocycles. The second kappa shape index (κ2) is 9.93. The van der Waals surface area contributed by atoms with Crippen molar-refractivity contribution >= 4 is 25.1 Å². The molecule has 33 heavy (non-hydrogen) atoms. The Morgan fingerprint density at radius 3 is 2.15 bits per heavy atom. The summed E-state index contributed by atoms with van der Waals surface area (Å²) in [5, 5.41) is 12.2.